The van der Waals surface area contributed by atoms with E-state index in [2.05, 4.69) is 28.7 Å². The summed E-state index contributed by atoms with van der Waals surface area (Å²) >= 11 is 0. The molecular formula is C12H19N5. The zero-order chi connectivity index (χ0) is 12.4. The minimum absolute atomic E-state index is 0.0153. The van der Waals surface area contributed by atoms with Crippen LogP contribution in [0.25, 0.3) is 0 Å². The summed E-state index contributed by atoms with van der Waals surface area (Å²) in [6, 6.07) is 0.415. The Bertz CT molecular complexity index is 417. The minimum Gasteiger partial charge on any atom is -0.382 e. The Kier molecular flexibility index (Phi) is 3.26. The van der Waals surface area contributed by atoms with E-state index in [1.165, 1.54) is 6.42 Å². The molecule has 0 aliphatic carbocycles. The Morgan fingerprint density at radius 2 is 2.12 bits per heavy atom. The van der Waals surface area contributed by atoms with Crippen LogP contribution in [0.4, 0.5) is 5.82 Å². The summed E-state index contributed by atoms with van der Waals surface area (Å²) in [7, 11) is 0. The molecule has 0 radical (unpaired) electrons. The molecule has 2 rings (SSSR count). The largest absolute Gasteiger partial charge is 0.382 e. The molecule has 0 spiro atoms. The molecule has 1 fully saturated rings. The number of nitrogens with zero attached hydrogens (tertiary/aromatic N) is 3. The molecule has 1 saturated heterocycles. The summed E-state index contributed by atoms with van der Waals surface area (Å²) in [4.78, 5) is 10.7. The summed E-state index contributed by atoms with van der Waals surface area (Å²) in [5.41, 5.74) is 6.05. The van der Waals surface area contributed by atoms with Crippen molar-refractivity contribution in [3.8, 4) is 0 Å². The maximum atomic E-state index is 7.56. The van der Waals surface area contributed by atoms with Crippen LogP contribution in [0.1, 0.15) is 32.4 Å². The van der Waals surface area contributed by atoms with Crippen LogP contribution < -0.4 is 10.6 Å². The zero-order valence-electron chi connectivity index (χ0n) is 10.3. The van der Waals surface area contributed by atoms with Crippen molar-refractivity contribution in [3.05, 3.63) is 18.1 Å². The third-order valence-electron chi connectivity index (χ3n) is 3.58. The lowest BCUT2D eigenvalue weighted by molar-refractivity contribution is 0.361. The van der Waals surface area contributed by atoms with Gasteiger partial charge < -0.3 is 10.6 Å². The normalized spacial score (nSPS) is 24.7. The fourth-order valence-electron chi connectivity index (χ4n) is 2.37. The zero-order valence-corrected chi connectivity index (χ0v) is 10.3. The highest BCUT2D eigenvalue weighted by Crippen LogP contribution is 2.28. The van der Waals surface area contributed by atoms with Gasteiger partial charge in [0.1, 0.15) is 11.5 Å². The van der Waals surface area contributed by atoms with E-state index in [0.29, 0.717) is 17.7 Å². The first-order valence-electron chi connectivity index (χ1n) is 6.03. The molecule has 1 aromatic heterocycles. The number of aromatic nitrogens is 2. The van der Waals surface area contributed by atoms with Crippen LogP contribution in [0.3, 0.4) is 0 Å². The molecule has 5 nitrogen and oxygen atoms in total. The first-order valence-corrected chi connectivity index (χ1v) is 6.03. The van der Waals surface area contributed by atoms with E-state index in [9.17, 15) is 0 Å². The maximum absolute atomic E-state index is 7.56. The number of nitrogen functional groups attached to an aromatic ring is 1. The number of hydrogen-bond donors (Lipinski definition) is 2. The van der Waals surface area contributed by atoms with Crippen LogP contribution in [0.15, 0.2) is 12.4 Å². The highest BCUT2D eigenvalue weighted by molar-refractivity contribution is 5.97. The second-order valence-corrected chi connectivity index (χ2v) is 4.70. The molecule has 0 saturated carbocycles. The van der Waals surface area contributed by atoms with E-state index >= 15 is 0 Å². The van der Waals surface area contributed by atoms with Gasteiger partial charge in [0.25, 0.3) is 0 Å². The quantitative estimate of drug-likeness (QED) is 0.597. The second kappa shape index (κ2) is 4.69. The average molecular weight is 233 g/mol. The van der Waals surface area contributed by atoms with Crippen LogP contribution in [-0.4, -0.2) is 28.4 Å². The SMILES string of the molecule is CC1CCCN(c2nccnc2C(=N)N)C1C. The molecule has 2 unspecified atom stereocenters. The predicted molar refractivity (Wildman–Crippen MR) is 68.3 cm³/mol. The molecule has 5 heteroatoms. The molecule has 0 bridgehead atoms. The van der Waals surface area contributed by atoms with Gasteiger partial charge in [-0.2, -0.15) is 0 Å². The fraction of sp³-hybridized carbons (Fsp3) is 0.583. The monoisotopic (exact) mass is 233 g/mol. The van der Waals surface area contributed by atoms with E-state index in [1.54, 1.807) is 12.4 Å². The summed E-state index contributed by atoms with van der Waals surface area (Å²) in [5, 5.41) is 7.56. The smallest absolute Gasteiger partial charge is 0.158 e. The number of nitrogens with two attached hydrogens (primary N) is 1. The molecule has 2 atom stereocenters. The van der Waals surface area contributed by atoms with E-state index in [1.807, 2.05) is 0 Å². The first-order chi connectivity index (χ1) is 8.11. The van der Waals surface area contributed by atoms with Crippen LogP contribution in [0, 0.1) is 11.3 Å². The number of anilines is 1. The Labute approximate surface area is 102 Å². The maximum Gasteiger partial charge on any atom is 0.158 e. The lowest BCUT2D eigenvalue weighted by atomic mass is 9.92. The highest BCUT2D eigenvalue weighted by atomic mass is 15.2. The van der Waals surface area contributed by atoms with Gasteiger partial charge in [0.05, 0.1) is 0 Å². The van der Waals surface area contributed by atoms with E-state index in [-0.39, 0.29) is 5.84 Å². The predicted octanol–water partition coefficient (Wildman–Crippen LogP) is 1.39. The van der Waals surface area contributed by atoms with Crippen LogP contribution in [0.2, 0.25) is 0 Å². The van der Waals surface area contributed by atoms with Crippen molar-refractivity contribution >= 4 is 11.7 Å². The van der Waals surface area contributed by atoms with Crippen molar-refractivity contribution in [3.63, 3.8) is 0 Å². The van der Waals surface area contributed by atoms with Gasteiger partial charge in [-0.3, -0.25) is 5.41 Å². The van der Waals surface area contributed by atoms with Gasteiger partial charge in [-0.05, 0) is 25.7 Å². The lowest BCUT2D eigenvalue weighted by Gasteiger charge is -2.39. The minimum atomic E-state index is -0.0153. The molecule has 1 aromatic rings. The number of piperidine rings is 1. The van der Waals surface area contributed by atoms with Crippen LogP contribution >= 0.6 is 0 Å². The van der Waals surface area contributed by atoms with Crippen molar-refractivity contribution in [1.29, 1.82) is 5.41 Å². The topological polar surface area (TPSA) is 78.9 Å². The van der Waals surface area contributed by atoms with Crippen molar-refractivity contribution in [2.45, 2.75) is 32.7 Å². The highest BCUT2D eigenvalue weighted by Gasteiger charge is 2.27. The Hall–Kier alpha value is -1.65. The second-order valence-electron chi connectivity index (χ2n) is 4.70. The van der Waals surface area contributed by atoms with Gasteiger partial charge >= 0.3 is 0 Å². The van der Waals surface area contributed by atoms with E-state index in [4.69, 9.17) is 11.1 Å². The lowest BCUT2D eigenvalue weighted by Crippen LogP contribution is -2.44. The van der Waals surface area contributed by atoms with Crippen LogP contribution in [-0.2, 0) is 0 Å². The van der Waals surface area contributed by atoms with Gasteiger partial charge in [-0.1, -0.05) is 6.92 Å². The summed E-state index contributed by atoms with van der Waals surface area (Å²) < 4.78 is 0. The first kappa shape index (κ1) is 11.8. The van der Waals surface area contributed by atoms with Gasteiger partial charge in [-0.25, -0.2) is 9.97 Å². The Balaban J connectivity index is 2.36. The van der Waals surface area contributed by atoms with Crippen molar-refractivity contribution < 1.29 is 0 Å². The standard InChI is InChI=1S/C12H19N5/c1-8-4-3-7-17(9(8)2)12-10(11(13)14)15-5-6-16-12/h5-6,8-9H,3-4,7H2,1-2H3,(H3,13,14). The number of hydrogen-bond acceptors (Lipinski definition) is 4. The number of rotatable bonds is 2. The Morgan fingerprint density at radius 3 is 2.82 bits per heavy atom. The van der Waals surface area contributed by atoms with Gasteiger partial charge in [0, 0.05) is 25.0 Å². The molecular weight excluding hydrogens is 214 g/mol. The van der Waals surface area contributed by atoms with Crippen molar-refractivity contribution in [2.24, 2.45) is 11.7 Å². The third-order valence-corrected chi connectivity index (χ3v) is 3.58. The fourth-order valence-corrected chi connectivity index (χ4v) is 2.37. The average Bonchev–Trinajstić information content (AvgIpc) is 2.33. The number of amidine groups is 1. The summed E-state index contributed by atoms with van der Waals surface area (Å²) in [6.45, 7) is 5.41. The molecule has 3 N–H and O–H groups in total. The van der Waals surface area contributed by atoms with Crippen molar-refractivity contribution in [1.82, 2.24) is 9.97 Å². The Morgan fingerprint density at radius 1 is 1.41 bits per heavy atom. The van der Waals surface area contributed by atoms with E-state index in [0.717, 1.165) is 18.8 Å². The molecule has 1 aliphatic rings. The molecule has 0 aromatic carbocycles. The molecule has 0 amide bonds. The molecule has 17 heavy (non-hydrogen) atoms. The van der Waals surface area contributed by atoms with Crippen LogP contribution in [0.5, 0.6) is 0 Å². The number of nitrogens with one attached hydrogen (secondary N) is 1. The summed E-state index contributed by atoms with van der Waals surface area (Å²) in [6.07, 6.45) is 5.64. The molecule has 1 aliphatic heterocycles. The van der Waals surface area contributed by atoms with Gasteiger partial charge in [0.15, 0.2) is 5.82 Å². The molecule has 92 valence electrons. The van der Waals surface area contributed by atoms with Crippen molar-refractivity contribution in [2.75, 3.05) is 11.4 Å². The van der Waals surface area contributed by atoms with E-state index < -0.39 is 0 Å². The van der Waals surface area contributed by atoms with Gasteiger partial charge in [-0.15, -0.1) is 0 Å². The summed E-state index contributed by atoms with van der Waals surface area (Å²) in [5.74, 6) is 1.36. The van der Waals surface area contributed by atoms with Gasteiger partial charge in [0.2, 0.25) is 0 Å². The third kappa shape index (κ3) is 2.23. The molecule has 2 heterocycles.